The second-order valence-electron chi connectivity index (χ2n) is 4.05. The lowest BCUT2D eigenvalue weighted by Gasteiger charge is -2.24. The van der Waals surface area contributed by atoms with E-state index in [1.165, 1.54) is 0 Å². The fraction of sp³-hybridized carbons (Fsp3) is 1.00. The van der Waals surface area contributed by atoms with Crippen LogP contribution in [0.5, 0.6) is 0 Å². The molecular formula is C8H14F3NO4S. The lowest BCUT2D eigenvalue weighted by molar-refractivity contribution is -0.0503. The summed E-state index contributed by atoms with van der Waals surface area (Å²) in [6, 6.07) is 0. The van der Waals surface area contributed by atoms with E-state index in [9.17, 15) is 21.6 Å². The van der Waals surface area contributed by atoms with E-state index in [4.69, 9.17) is 10.2 Å². The molecule has 102 valence electrons. The second kappa shape index (κ2) is 5.09. The molecule has 0 spiro atoms. The summed E-state index contributed by atoms with van der Waals surface area (Å²) in [7, 11) is -5.44. The van der Waals surface area contributed by atoms with Gasteiger partial charge in [-0.1, -0.05) is 0 Å². The predicted octanol–water partition coefficient (Wildman–Crippen LogP) is -0.0988. The highest BCUT2D eigenvalue weighted by Crippen LogP contribution is 2.34. The summed E-state index contributed by atoms with van der Waals surface area (Å²) >= 11 is 0. The Hall–Kier alpha value is -0.380. The summed E-state index contributed by atoms with van der Waals surface area (Å²) in [5, 5.41) is 17.6. The minimum atomic E-state index is -5.44. The molecule has 0 bridgehead atoms. The predicted molar refractivity (Wildman–Crippen MR) is 52.4 cm³/mol. The molecule has 0 saturated heterocycles. The highest BCUT2D eigenvalue weighted by Gasteiger charge is 2.51. The third kappa shape index (κ3) is 3.80. The van der Waals surface area contributed by atoms with Gasteiger partial charge in [0.15, 0.2) is 0 Å². The Labute approximate surface area is 96.9 Å². The fourth-order valence-corrected chi connectivity index (χ4v) is 2.37. The van der Waals surface area contributed by atoms with E-state index in [-0.39, 0.29) is 16.8 Å². The Morgan fingerprint density at radius 1 is 1.35 bits per heavy atom. The molecule has 1 aliphatic carbocycles. The molecule has 0 aliphatic heterocycles. The minimum absolute atomic E-state index is 0.0852. The first-order chi connectivity index (χ1) is 7.68. The lowest BCUT2D eigenvalue weighted by atomic mass is 10.3. The fourth-order valence-electron chi connectivity index (χ4n) is 1.30. The van der Waals surface area contributed by atoms with E-state index in [1.54, 1.807) is 0 Å². The van der Waals surface area contributed by atoms with E-state index in [2.05, 4.69) is 0 Å². The number of aliphatic hydroxyl groups excluding tert-OH is 2. The van der Waals surface area contributed by atoms with Crippen LogP contribution < -0.4 is 0 Å². The van der Waals surface area contributed by atoms with Crippen molar-refractivity contribution in [3.05, 3.63) is 0 Å². The van der Waals surface area contributed by atoms with Crippen LogP contribution in [0, 0.1) is 5.92 Å². The second-order valence-corrected chi connectivity index (χ2v) is 5.98. The quantitative estimate of drug-likeness (QED) is 0.711. The third-order valence-electron chi connectivity index (χ3n) is 2.42. The van der Waals surface area contributed by atoms with E-state index in [1.807, 2.05) is 0 Å². The molecule has 0 unspecified atom stereocenters. The third-order valence-corrected chi connectivity index (χ3v) is 3.98. The van der Waals surface area contributed by atoms with Gasteiger partial charge in [-0.25, -0.2) is 8.42 Å². The van der Waals surface area contributed by atoms with Crippen molar-refractivity contribution in [3.63, 3.8) is 0 Å². The molecule has 1 saturated carbocycles. The molecule has 1 atom stereocenters. The maximum absolute atomic E-state index is 12.3. The highest BCUT2D eigenvalue weighted by atomic mass is 32.2. The van der Waals surface area contributed by atoms with Crippen molar-refractivity contribution in [3.8, 4) is 0 Å². The topological polar surface area (TPSA) is 77.8 Å². The first kappa shape index (κ1) is 14.7. The van der Waals surface area contributed by atoms with Crippen LogP contribution in [0.25, 0.3) is 0 Å². The number of hydrogen-bond acceptors (Lipinski definition) is 4. The van der Waals surface area contributed by atoms with Gasteiger partial charge in [-0.15, -0.1) is 0 Å². The minimum Gasteiger partial charge on any atom is -0.394 e. The maximum atomic E-state index is 12.3. The average Bonchev–Trinajstić information content (AvgIpc) is 2.98. The van der Waals surface area contributed by atoms with Gasteiger partial charge >= 0.3 is 15.5 Å². The number of nitrogens with zero attached hydrogens (tertiary/aromatic N) is 1. The summed E-state index contributed by atoms with van der Waals surface area (Å²) in [6.07, 6.45) is -0.149. The molecular weight excluding hydrogens is 263 g/mol. The number of rotatable bonds is 6. The molecule has 5 nitrogen and oxygen atoms in total. The first-order valence-corrected chi connectivity index (χ1v) is 6.48. The van der Waals surface area contributed by atoms with E-state index in [0.717, 1.165) is 0 Å². The zero-order valence-electron chi connectivity index (χ0n) is 8.89. The zero-order valence-corrected chi connectivity index (χ0v) is 9.71. The van der Waals surface area contributed by atoms with Gasteiger partial charge in [-0.05, 0) is 18.8 Å². The molecule has 0 heterocycles. The van der Waals surface area contributed by atoms with Crippen LogP contribution in [-0.4, -0.2) is 54.2 Å². The Morgan fingerprint density at radius 3 is 2.24 bits per heavy atom. The molecule has 0 aromatic carbocycles. The zero-order chi connectivity index (χ0) is 13.3. The average molecular weight is 277 g/mol. The van der Waals surface area contributed by atoms with Crippen molar-refractivity contribution >= 4 is 10.0 Å². The molecule has 0 radical (unpaired) electrons. The Bertz CT molecular complexity index is 352. The maximum Gasteiger partial charge on any atom is 0.511 e. The molecule has 9 heteroatoms. The summed E-state index contributed by atoms with van der Waals surface area (Å²) in [6.45, 7) is -1.79. The molecule has 0 amide bonds. The smallest absolute Gasteiger partial charge is 0.394 e. The SMILES string of the molecule is O=S(=O)(N(CC1CC1)C[C@H](O)CO)C(F)(F)F. The van der Waals surface area contributed by atoms with E-state index in [0.29, 0.717) is 12.8 Å². The van der Waals surface area contributed by atoms with Gasteiger partial charge in [-0.2, -0.15) is 17.5 Å². The van der Waals surface area contributed by atoms with Crippen LogP contribution in [0.15, 0.2) is 0 Å². The Kier molecular flexibility index (Phi) is 4.39. The summed E-state index contributed by atoms with van der Waals surface area (Å²) in [4.78, 5) is 0. The summed E-state index contributed by atoms with van der Waals surface area (Å²) in [5.74, 6) is -0.0852. The van der Waals surface area contributed by atoms with Crippen molar-refractivity contribution in [2.75, 3.05) is 19.7 Å². The number of alkyl halides is 3. The highest BCUT2D eigenvalue weighted by molar-refractivity contribution is 7.90. The number of hydrogen-bond donors (Lipinski definition) is 2. The standard InChI is InChI=1S/C8H14F3NO4S/c9-8(10,11)17(15,16)12(3-6-1-2-6)4-7(14)5-13/h6-7,13-14H,1-5H2/t7-/m0/s1. The van der Waals surface area contributed by atoms with Crippen LogP contribution in [-0.2, 0) is 10.0 Å². The van der Waals surface area contributed by atoms with Gasteiger partial charge < -0.3 is 10.2 Å². The van der Waals surface area contributed by atoms with Crippen molar-refractivity contribution in [1.82, 2.24) is 4.31 Å². The van der Waals surface area contributed by atoms with Gasteiger partial charge in [0.05, 0.1) is 12.7 Å². The Balaban J connectivity index is 2.81. The van der Waals surface area contributed by atoms with Crippen molar-refractivity contribution in [2.24, 2.45) is 5.92 Å². The molecule has 1 aliphatic rings. The number of halogens is 3. The Morgan fingerprint density at radius 2 is 1.88 bits per heavy atom. The molecule has 2 N–H and O–H groups in total. The molecule has 1 rings (SSSR count). The summed E-state index contributed by atoms with van der Waals surface area (Å²) in [5.41, 5.74) is -5.38. The van der Waals surface area contributed by atoms with Crippen molar-refractivity contribution in [1.29, 1.82) is 0 Å². The van der Waals surface area contributed by atoms with Gasteiger partial charge in [0.1, 0.15) is 0 Å². The molecule has 1 fully saturated rings. The van der Waals surface area contributed by atoms with Crippen LogP contribution in [0.2, 0.25) is 0 Å². The largest absolute Gasteiger partial charge is 0.511 e. The summed E-state index contributed by atoms with van der Waals surface area (Å²) < 4.78 is 59.6. The van der Waals surface area contributed by atoms with E-state index >= 15 is 0 Å². The van der Waals surface area contributed by atoms with Crippen LogP contribution in [0.4, 0.5) is 13.2 Å². The van der Waals surface area contributed by atoms with Crippen molar-refractivity contribution < 1.29 is 31.8 Å². The van der Waals surface area contributed by atoms with Gasteiger partial charge in [0.2, 0.25) is 0 Å². The van der Waals surface area contributed by atoms with Crippen LogP contribution in [0.1, 0.15) is 12.8 Å². The van der Waals surface area contributed by atoms with Crippen LogP contribution in [0.3, 0.4) is 0 Å². The first-order valence-electron chi connectivity index (χ1n) is 5.04. The van der Waals surface area contributed by atoms with Gasteiger partial charge in [0, 0.05) is 13.1 Å². The van der Waals surface area contributed by atoms with Gasteiger partial charge in [-0.3, -0.25) is 0 Å². The molecule has 0 aromatic rings. The number of aliphatic hydroxyl groups is 2. The molecule has 17 heavy (non-hydrogen) atoms. The van der Waals surface area contributed by atoms with E-state index < -0.39 is 34.8 Å². The van der Waals surface area contributed by atoms with Crippen molar-refractivity contribution in [2.45, 2.75) is 24.5 Å². The molecule has 0 aromatic heterocycles. The van der Waals surface area contributed by atoms with Gasteiger partial charge in [0.25, 0.3) is 0 Å². The van der Waals surface area contributed by atoms with Crippen LogP contribution >= 0.6 is 0 Å². The monoisotopic (exact) mass is 277 g/mol. The lowest BCUT2D eigenvalue weighted by Crippen LogP contribution is -2.46. The number of sulfonamides is 1. The normalized spacial score (nSPS) is 19.6.